The fourth-order valence-corrected chi connectivity index (χ4v) is 0. The van der Waals surface area contributed by atoms with Crippen LogP contribution >= 0.6 is 0 Å². The van der Waals surface area contributed by atoms with Crippen molar-refractivity contribution in [2.75, 3.05) is 0 Å². The van der Waals surface area contributed by atoms with Crippen LogP contribution in [0.25, 0.3) is 0 Å². The van der Waals surface area contributed by atoms with Gasteiger partial charge in [0.2, 0.25) is 0 Å². The molecule has 24 valence electrons. The van der Waals surface area contributed by atoms with Gasteiger partial charge >= 0.3 is 68.7 Å². The third-order valence-corrected chi connectivity index (χ3v) is 0. The summed E-state index contributed by atoms with van der Waals surface area (Å²) in [6.45, 7) is 0. The molecule has 1 nitrogen and oxygen atoms in total. The van der Waals surface area contributed by atoms with E-state index in [1.54, 1.807) is 0 Å². The van der Waals surface area contributed by atoms with Crippen molar-refractivity contribution < 1.29 is 61.1 Å². The molecule has 0 aliphatic heterocycles. The summed E-state index contributed by atoms with van der Waals surface area (Å²) >= 11 is 2.94. The number of hydrogen-bond acceptors (Lipinski definition) is 1. The quantitative estimate of drug-likeness (QED) is 0.505. The monoisotopic (exact) mass is 360 g/mol. The van der Waals surface area contributed by atoms with E-state index in [1.807, 2.05) is 0 Å². The van der Waals surface area contributed by atoms with E-state index in [2.05, 4.69) is 15.9 Å². The smallest absolute Gasteiger partial charge is 0 e. The maximum absolute atomic E-state index is 7.81. The Kier molecular flexibility index (Phi) is 63.9. The van der Waals surface area contributed by atoms with Gasteiger partial charge in [-0.2, -0.15) is 0 Å². The van der Waals surface area contributed by atoms with Gasteiger partial charge in [-0.15, -0.1) is 0 Å². The number of hydrogen-bond donors (Lipinski definition) is 0. The van der Waals surface area contributed by atoms with Crippen molar-refractivity contribution in [3.05, 3.63) is 0 Å². The SMILES string of the molecule is [BaH2].[O]=[Cu].[Pr]. The maximum Gasteiger partial charge on any atom is 0 e. The molecule has 0 aromatic heterocycles. The maximum atomic E-state index is 7.81. The van der Waals surface area contributed by atoms with Gasteiger partial charge in [0, 0.05) is 41.3 Å². The molecule has 1 radical (unpaired) electrons. The molecular formula is H2BaCuOPr. The van der Waals surface area contributed by atoms with Crippen LogP contribution in [-0.2, 0) is 19.8 Å². The molecule has 0 spiro atoms. The predicted molar refractivity (Wildman–Crippen MR) is 9.23 cm³/mol. The first-order valence-electron chi connectivity index (χ1n) is 0.123. The molecule has 0 aliphatic carbocycles. The molecule has 4 heteroatoms. The van der Waals surface area contributed by atoms with E-state index in [4.69, 9.17) is 3.83 Å². The molecule has 0 unspecified atom stereocenters. The molecular weight excluding hydrogens is 358 g/mol. The molecule has 4 heavy (non-hydrogen) atoms. The first kappa shape index (κ1) is 15.7. The van der Waals surface area contributed by atoms with Crippen molar-refractivity contribution in [1.82, 2.24) is 0 Å². The van der Waals surface area contributed by atoms with E-state index in [0.29, 0.717) is 0 Å². The molecule has 0 heterocycles. The van der Waals surface area contributed by atoms with E-state index in [9.17, 15) is 0 Å². The van der Waals surface area contributed by atoms with E-state index in [-0.39, 0.29) is 90.2 Å². The third kappa shape index (κ3) is 8.98. The van der Waals surface area contributed by atoms with Crippen LogP contribution in [0, 0.1) is 41.3 Å². The van der Waals surface area contributed by atoms with E-state index in [0.717, 1.165) is 0 Å². The molecule has 0 fully saturated rings. The molecule has 0 atom stereocenters. The summed E-state index contributed by atoms with van der Waals surface area (Å²) in [5.41, 5.74) is 0. The second kappa shape index (κ2) is 16.3. The molecule has 0 aromatic carbocycles. The molecule has 0 N–H and O–H groups in total. The first-order valence-corrected chi connectivity index (χ1v) is 0.508. The van der Waals surface area contributed by atoms with Crippen LogP contribution in [-0.4, -0.2) is 48.9 Å². The van der Waals surface area contributed by atoms with Gasteiger partial charge in [0.1, 0.15) is 0 Å². The van der Waals surface area contributed by atoms with Crippen LogP contribution in [0.3, 0.4) is 0 Å². The minimum absolute atomic E-state index is 0. The van der Waals surface area contributed by atoms with Crippen molar-refractivity contribution in [3.8, 4) is 0 Å². The van der Waals surface area contributed by atoms with Crippen molar-refractivity contribution in [2.45, 2.75) is 0 Å². The fourth-order valence-electron chi connectivity index (χ4n) is 0. The molecule has 0 rings (SSSR count). The second-order valence-corrected chi connectivity index (χ2v) is 0. The Hall–Kier alpha value is 3.25. The van der Waals surface area contributed by atoms with Crippen LogP contribution in [0.4, 0.5) is 0 Å². The van der Waals surface area contributed by atoms with Gasteiger partial charge in [0.25, 0.3) is 0 Å². The van der Waals surface area contributed by atoms with Crippen molar-refractivity contribution >= 4 is 48.9 Å². The number of rotatable bonds is 0. The predicted octanol–water partition coefficient (Wildman–Crippen LogP) is -1.04. The summed E-state index contributed by atoms with van der Waals surface area (Å²) in [4.78, 5) is 0. The Morgan fingerprint density at radius 2 is 1.25 bits per heavy atom. The zero-order chi connectivity index (χ0) is 2.00. The van der Waals surface area contributed by atoms with Gasteiger partial charge in [-0.25, -0.2) is 0 Å². The fraction of sp³-hybridized carbons (Fsp3) is 0. The van der Waals surface area contributed by atoms with Crippen molar-refractivity contribution in [1.29, 1.82) is 0 Å². The Balaban J connectivity index is -0.00000000500. The van der Waals surface area contributed by atoms with Gasteiger partial charge in [-0.05, 0) is 0 Å². The van der Waals surface area contributed by atoms with Crippen LogP contribution in [0.5, 0.6) is 0 Å². The topological polar surface area (TPSA) is 17.1 Å². The summed E-state index contributed by atoms with van der Waals surface area (Å²) in [6, 6.07) is 0. The van der Waals surface area contributed by atoms with Gasteiger partial charge in [0.15, 0.2) is 0 Å². The Labute approximate surface area is 107 Å². The summed E-state index contributed by atoms with van der Waals surface area (Å²) in [6.07, 6.45) is 0. The summed E-state index contributed by atoms with van der Waals surface area (Å²) in [5.74, 6) is 0. The van der Waals surface area contributed by atoms with Crippen LogP contribution in [0.15, 0.2) is 0 Å². The molecule has 0 bridgehead atoms. The van der Waals surface area contributed by atoms with Crippen LogP contribution < -0.4 is 0 Å². The van der Waals surface area contributed by atoms with Gasteiger partial charge < -0.3 is 0 Å². The molecule has 0 saturated heterocycles. The average molecular weight is 360 g/mol. The van der Waals surface area contributed by atoms with Gasteiger partial charge in [0.05, 0.1) is 0 Å². The van der Waals surface area contributed by atoms with Gasteiger partial charge in [-0.3, -0.25) is 0 Å². The van der Waals surface area contributed by atoms with E-state index in [1.165, 1.54) is 0 Å². The Morgan fingerprint density at radius 3 is 1.25 bits per heavy atom. The zero-order valence-corrected chi connectivity index (χ0v) is 5.93. The Bertz CT molecular complexity index is 8.00. The summed E-state index contributed by atoms with van der Waals surface area (Å²) in [7, 11) is 0. The molecule has 0 amide bonds. The minimum Gasteiger partial charge on any atom is 0 e. The normalized spacial score (nSPS) is 1.50. The largest absolute Gasteiger partial charge is 0 e. The first-order chi connectivity index (χ1) is 1.00. The third-order valence-electron chi connectivity index (χ3n) is 0. The summed E-state index contributed by atoms with van der Waals surface area (Å²) in [5, 5.41) is 0. The second-order valence-electron chi connectivity index (χ2n) is 0. The van der Waals surface area contributed by atoms with Crippen LogP contribution in [0.1, 0.15) is 0 Å². The Morgan fingerprint density at radius 1 is 1.25 bits per heavy atom. The van der Waals surface area contributed by atoms with E-state index >= 15 is 0 Å². The molecule has 0 aromatic rings. The summed E-state index contributed by atoms with van der Waals surface area (Å²) < 4.78 is 7.81. The van der Waals surface area contributed by atoms with E-state index < -0.39 is 0 Å². The van der Waals surface area contributed by atoms with Crippen LogP contribution in [0.2, 0.25) is 0 Å². The molecule has 0 saturated carbocycles. The van der Waals surface area contributed by atoms with Gasteiger partial charge in [-0.1, -0.05) is 0 Å². The minimum atomic E-state index is 0. The zero-order valence-electron chi connectivity index (χ0n) is 1.29. The van der Waals surface area contributed by atoms with Crippen molar-refractivity contribution in [2.24, 2.45) is 0 Å². The van der Waals surface area contributed by atoms with Crippen molar-refractivity contribution in [3.63, 3.8) is 0 Å². The standard InChI is InChI=1S/Ba.Cu.O.Pr.2H. The average Bonchev–Trinajstić information content (AvgIpc) is 1.00. The molecule has 0 aliphatic rings.